The summed E-state index contributed by atoms with van der Waals surface area (Å²) in [7, 11) is 0. The van der Waals surface area contributed by atoms with Gasteiger partial charge in [0.05, 0.1) is 0 Å². The van der Waals surface area contributed by atoms with Gasteiger partial charge in [-0.3, -0.25) is 5.32 Å². The monoisotopic (exact) mass is 193 g/mol. The number of carbonyl (C=O) groups is 1. The molecule has 1 aromatic rings. The van der Waals surface area contributed by atoms with Crippen molar-refractivity contribution in [2.24, 2.45) is 0 Å². The normalized spacial score (nSPS) is 15.7. The summed E-state index contributed by atoms with van der Waals surface area (Å²) in [5, 5.41) is 5.55. The van der Waals surface area contributed by atoms with Gasteiger partial charge in [0.1, 0.15) is 11.9 Å². The third-order valence-corrected chi connectivity index (χ3v) is 1.91. The Hall–Kier alpha value is -1.62. The standard InChI is InChI=1S/C9H11N3O2/c13-9(14-7-5-10-6-7)12-8-3-1-2-4-11-8/h1-4,7,10H,5-6H2,(H,11,12,13). The lowest BCUT2D eigenvalue weighted by Gasteiger charge is -2.26. The maximum Gasteiger partial charge on any atom is 0.413 e. The van der Waals surface area contributed by atoms with Crippen molar-refractivity contribution < 1.29 is 9.53 Å². The summed E-state index contributed by atoms with van der Waals surface area (Å²) in [5.41, 5.74) is 0. The van der Waals surface area contributed by atoms with E-state index < -0.39 is 6.09 Å². The van der Waals surface area contributed by atoms with E-state index in [2.05, 4.69) is 15.6 Å². The van der Waals surface area contributed by atoms with Crippen molar-refractivity contribution >= 4 is 11.9 Å². The van der Waals surface area contributed by atoms with E-state index in [4.69, 9.17) is 4.74 Å². The molecule has 0 bridgehead atoms. The fraction of sp³-hybridized carbons (Fsp3) is 0.333. The number of nitrogens with one attached hydrogen (secondary N) is 2. The van der Waals surface area contributed by atoms with E-state index in [-0.39, 0.29) is 6.10 Å². The maximum absolute atomic E-state index is 11.2. The third-order valence-electron chi connectivity index (χ3n) is 1.91. The van der Waals surface area contributed by atoms with Gasteiger partial charge in [0.2, 0.25) is 0 Å². The molecule has 5 heteroatoms. The smallest absolute Gasteiger partial charge is 0.413 e. The van der Waals surface area contributed by atoms with Crippen molar-refractivity contribution in [2.45, 2.75) is 6.10 Å². The Morgan fingerprint density at radius 3 is 3.00 bits per heavy atom. The minimum absolute atomic E-state index is 0.00119. The minimum atomic E-state index is -0.449. The Balaban J connectivity index is 1.82. The molecule has 2 rings (SSSR count). The highest BCUT2D eigenvalue weighted by Gasteiger charge is 2.20. The number of ether oxygens (including phenoxy) is 1. The lowest BCUT2D eigenvalue weighted by atomic mass is 10.2. The van der Waals surface area contributed by atoms with Crippen LogP contribution in [-0.2, 0) is 4.74 Å². The van der Waals surface area contributed by atoms with Gasteiger partial charge in [0, 0.05) is 19.3 Å². The number of pyridine rings is 1. The number of amides is 1. The molecule has 0 saturated carbocycles. The van der Waals surface area contributed by atoms with Crippen molar-refractivity contribution in [3.63, 3.8) is 0 Å². The van der Waals surface area contributed by atoms with Gasteiger partial charge in [0.25, 0.3) is 0 Å². The molecule has 0 unspecified atom stereocenters. The van der Waals surface area contributed by atoms with E-state index in [1.54, 1.807) is 24.4 Å². The first-order chi connectivity index (χ1) is 6.84. The van der Waals surface area contributed by atoms with Crippen molar-refractivity contribution in [3.05, 3.63) is 24.4 Å². The Labute approximate surface area is 81.5 Å². The predicted octanol–water partition coefficient (Wildman–Crippen LogP) is 0.602. The summed E-state index contributed by atoms with van der Waals surface area (Å²) in [6, 6.07) is 5.29. The van der Waals surface area contributed by atoms with Gasteiger partial charge in [-0.2, -0.15) is 0 Å². The molecule has 14 heavy (non-hydrogen) atoms. The summed E-state index contributed by atoms with van der Waals surface area (Å²) in [4.78, 5) is 15.2. The van der Waals surface area contributed by atoms with Gasteiger partial charge < -0.3 is 10.1 Å². The fourth-order valence-electron chi connectivity index (χ4n) is 1.07. The van der Waals surface area contributed by atoms with Gasteiger partial charge in [-0.25, -0.2) is 9.78 Å². The molecule has 1 aliphatic heterocycles. The molecular weight excluding hydrogens is 182 g/mol. The van der Waals surface area contributed by atoms with Crippen LogP contribution in [0.5, 0.6) is 0 Å². The number of hydrogen-bond donors (Lipinski definition) is 2. The third kappa shape index (κ3) is 2.20. The van der Waals surface area contributed by atoms with E-state index >= 15 is 0 Å². The Morgan fingerprint density at radius 2 is 2.43 bits per heavy atom. The quantitative estimate of drug-likeness (QED) is 0.722. The second-order valence-corrected chi connectivity index (χ2v) is 3.03. The van der Waals surface area contributed by atoms with Gasteiger partial charge in [-0.15, -0.1) is 0 Å². The highest BCUT2D eigenvalue weighted by atomic mass is 16.6. The molecule has 2 heterocycles. The Kier molecular flexibility index (Phi) is 2.60. The average molecular weight is 193 g/mol. The molecule has 2 N–H and O–H groups in total. The van der Waals surface area contributed by atoms with Crippen LogP contribution >= 0.6 is 0 Å². The van der Waals surface area contributed by atoms with Crippen LogP contribution in [0.4, 0.5) is 10.6 Å². The van der Waals surface area contributed by atoms with E-state index in [9.17, 15) is 4.79 Å². The highest BCUT2D eigenvalue weighted by molar-refractivity contribution is 5.83. The topological polar surface area (TPSA) is 63.2 Å². The molecule has 74 valence electrons. The lowest BCUT2D eigenvalue weighted by molar-refractivity contribution is 0.0777. The number of hydrogen-bond acceptors (Lipinski definition) is 4. The molecule has 0 aliphatic carbocycles. The number of nitrogens with zero attached hydrogens (tertiary/aromatic N) is 1. The molecule has 1 aliphatic rings. The molecule has 0 aromatic carbocycles. The zero-order chi connectivity index (χ0) is 9.80. The summed E-state index contributed by atoms with van der Waals surface area (Å²) < 4.78 is 5.04. The van der Waals surface area contributed by atoms with Crippen molar-refractivity contribution in [1.29, 1.82) is 0 Å². The van der Waals surface area contributed by atoms with Crippen molar-refractivity contribution in [2.75, 3.05) is 18.4 Å². The molecule has 1 amide bonds. The van der Waals surface area contributed by atoms with Crippen LogP contribution in [0, 0.1) is 0 Å². The summed E-state index contributed by atoms with van der Waals surface area (Å²) in [6.07, 6.45) is 1.16. The van der Waals surface area contributed by atoms with Crippen LogP contribution in [0.1, 0.15) is 0 Å². The number of rotatable bonds is 2. The second-order valence-electron chi connectivity index (χ2n) is 3.03. The van der Waals surface area contributed by atoms with Gasteiger partial charge in [-0.1, -0.05) is 6.07 Å². The van der Waals surface area contributed by atoms with Crippen LogP contribution in [0.3, 0.4) is 0 Å². The fourth-order valence-corrected chi connectivity index (χ4v) is 1.07. The van der Waals surface area contributed by atoms with Crippen LogP contribution in [0.2, 0.25) is 0 Å². The molecular formula is C9H11N3O2. The molecule has 1 aromatic heterocycles. The summed E-state index contributed by atoms with van der Waals surface area (Å²) in [6.45, 7) is 1.46. The Morgan fingerprint density at radius 1 is 1.57 bits per heavy atom. The number of carbonyl (C=O) groups excluding carboxylic acids is 1. The SMILES string of the molecule is O=C(Nc1ccccn1)OC1CNC1. The van der Waals surface area contributed by atoms with Crippen molar-refractivity contribution in [3.8, 4) is 0 Å². The minimum Gasteiger partial charge on any atom is -0.443 e. The van der Waals surface area contributed by atoms with Crippen LogP contribution in [0.25, 0.3) is 0 Å². The van der Waals surface area contributed by atoms with Crippen LogP contribution in [0.15, 0.2) is 24.4 Å². The molecule has 1 fully saturated rings. The van der Waals surface area contributed by atoms with Crippen molar-refractivity contribution in [1.82, 2.24) is 10.3 Å². The first kappa shape index (κ1) is 8.96. The van der Waals surface area contributed by atoms with E-state index in [0.29, 0.717) is 5.82 Å². The largest absolute Gasteiger partial charge is 0.443 e. The van der Waals surface area contributed by atoms with E-state index in [0.717, 1.165) is 13.1 Å². The van der Waals surface area contributed by atoms with Crippen LogP contribution in [-0.4, -0.2) is 30.3 Å². The number of anilines is 1. The summed E-state index contributed by atoms with van der Waals surface area (Å²) >= 11 is 0. The molecule has 0 atom stereocenters. The highest BCUT2D eigenvalue weighted by Crippen LogP contribution is 2.03. The molecule has 1 saturated heterocycles. The molecule has 0 radical (unpaired) electrons. The first-order valence-corrected chi connectivity index (χ1v) is 4.44. The maximum atomic E-state index is 11.2. The molecule has 0 spiro atoms. The zero-order valence-electron chi connectivity index (χ0n) is 7.56. The second kappa shape index (κ2) is 4.06. The van der Waals surface area contributed by atoms with E-state index in [1.165, 1.54) is 0 Å². The predicted molar refractivity (Wildman–Crippen MR) is 51.0 cm³/mol. The Bertz CT molecular complexity index is 311. The lowest BCUT2D eigenvalue weighted by Crippen LogP contribution is -2.49. The average Bonchev–Trinajstić information content (AvgIpc) is 2.13. The first-order valence-electron chi connectivity index (χ1n) is 4.44. The zero-order valence-corrected chi connectivity index (χ0v) is 7.56. The van der Waals surface area contributed by atoms with Crippen LogP contribution < -0.4 is 10.6 Å². The van der Waals surface area contributed by atoms with Gasteiger partial charge in [0.15, 0.2) is 0 Å². The van der Waals surface area contributed by atoms with E-state index in [1.807, 2.05) is 0 Å². The number of aromatic nitrogens is 1. The summed E-state index contributed by atoms with van der Waals surface area (Å²) in [5.74, 6) is 0.504. The molecule has 5 nitrogen and oxygen atoms in total. The van der Waals surface area contributed by atoms with Gasteiger partial charge >= 0.3 is 6.09 Å². The van der Waals surface area contributed by atoms with Gasteiger partial charge in [-0.05, 0) is 12.1 Å².